The predicted octanol–water partition coefficient (Wildman–Crippen LogP) is 3.58. The molecule has 0 spiro atoms. The molecule has 21 heavy (non-hydrogen) atoms. The fraction of sp³-hybridized carbons (Fsp3) is 0.167. The first-order valence-corrected chi connectivity index (χ1v) is 7.45. The number of phenols is 1. The summed E-state index contributed by atoms with van der Waals surface area (Å²) >= 11 is 4.53. The van der Waals surface area contributed by atoms with E-state index in [2.05, 4.69) is 31.4 Å². The lowest BCUT2D eigenvalue weighted by molar-refractivity contribution is -0.385. The lowest BCUT2D eigenvalue weighted by Gasteiger charge is -2.06. The zero-order chi connectivity index (χ0) is 15.6. The molecule has 0 aliphatic heterocycles. The van der Waals surface area contributed by atoms with Crippen molar-refractivity contribution >= 4 is 44.3 Å². The Kier molecular flexibility index (Phi) is 4.53. The molecule has 0 radical (unpaired) electrons. The highest BCUT2D eigenvalue weighted by Crippen LogP contribution is 2.36. The number of rotatable bonds is 4. The summed E-state index contributed by atoms with van der Waals surface area (Å²) in [6.07, 6.45) is 1.31. The number of benzene rings is 1. The lowest BCUT2D eigenvalue weighted by atomic mass is 10.1. The number of halogens is 1. The first-order valence-electron chi connectivity index (χ1n) is 5.77. The Labute approximate surface area is 132 Å². The molecule has 1 heterocycles. The van der Waals surface area contributed by atoms with Crippen molar-refractivity contribution in [2.24, 2.45) is 5.10 Å². The number of hydrazone groups is 1. The van der Waals surface area contributed by atoms with Crippen LogP contribution in [0.25, 0.3) is 0 Å². The van der Waals surface area contributed by atoms with E-state index in [4.69, 9.17) is 0 Å². The molecule has 0 saturated carbocycles. The summed E-state index contributed by atoms with van der Waals surface area (Å²) in [5.41, 5.74) is 4.08. The monoisotopic (exact) mass is 370 g/mol. The molecule has 0 saturated heterocycles. The molecule has 1 aromatic carbocycles. The Balaban J connectivity index is 2.29. The molecule has 2 aromatic rings. The van der Waals surface area contributed by atoms with Crippen molar-refractivity contribution in [3.8, 4) is 5.75 Å². The van der Waals surface area contributed by atoms with Crippen LogP contribution < -0.4 is 5.43 Å². The number of nitrogens with one attached hydrogen (secondary N) is 1. The Morgan fingerprint density at radius 1 is 1.57 bits per heavy atom. The van der Waals surface area contributed by atoms with Gasteiger partial charge in [0.2, 0.25) is 5.13 Å². The fourth-order valence-electron chi connectivity index (χ4n) is 1.59. The number of phenolic OH excluding ortho intramolecular Hbond substituents is 1. The average Bonchev–Trinajstić information content (AvgIpc) is 2.84. The standard InChI is InChI=1S/C12H11BrN4O3S/c1-6-5-21-12(15-6)16-14-4-8-3-9(17(19)20)7(2)10(13)11(8)18/h3-5,18H,1-2H3,(H,15,16). The van der Waals surface area contributed by atoms with E-state index in [1.807, 2.05) is 12.3 Å². The van der Waals surface area contributed by atoms with Crippen LogP contribution in [-0.4, -0.2) is 21.2 Å². The first kappa shape index (κ1) is 15.4. The number of nitro groups is 1. The second-order valence-corrected chi connectivity index (χ2v) is 5.84. The Morgan fingerprint density at radius 2 is 2.29 bits per heavy atom. The summed E-state index contributed by atoms with van der Waals surface area (Å²) in [5.74, 6) is -0.0982. The molecule has 9 heteroatoms. The van der Waals surface area contributed by atoms with Gasteiger partial charge in [-0.25, -0.2) is 4.98 Å². The number of aromatic nitrogens is 1. The van der Waals surface area contributed by atoms with E-state index in [-0.39, 0.29) is 21.5 Å². The largest absolute Gasteiger partial charge is 0.506 e. The van der Waals surface area contributed by atoms with Gasteiger partial charge >= 0.3 is 0 Å². The fourth-order valence-corrected chi connectivity index (χ4v) is 2.66. The maximum Gasteiger partial charge on any atom is 0.274 e. The second kappa shape index (κ2) is 6.19. The van der Waals surface area contributed by atoms with Gasteiger partial charge in [-0.3, -0.25) is 15.5 Å². The number of aromatic hydroxyl groups is 1. The molecule has 0 bridgehead atoms. The van der Waals surface area contributed by atoms with Gasteiger partial charge in [-0.2, -0.15) is 5.10 Å². The predicted molar refractivity (Wildman–Crippen MR) is 85.3 cm³/mol. The van der Waals surface area contributed by atoms with Crippen LogP contribution >= 0.6 is 27.3 Å². The van der Waals surface area contributed by atoms with E-state index in [0.29, 0.717) is 10.7 Å². The van der Waals surface area contributed by atoms with Crippen molar-refractivity contribution in [2.45, 2.75) is 13.8 Å². The highest BCUT2D eigenvalue weighted by molar-refractivity contribution is 9.10. The van der Waals surface area contributed by atoms with Crippen LogP contribution in [0.15, 0.2) is 21.0 Å². The number of hydrogen-bond acceptors (Lipinski definition) is 7. The van der Waals surface area contributed by atoms with Crippen LogP contribution in [0.5, 0.6) is 5.75 Å². The summed E-state index contributed by atoms with van der Waals surface area (Å²) in [5, 5.41) is 27.3. The van der Waals surface area contributed by atoms with Crippen molar-refractivity contribution in [3.63, 3.8) is 0 Å². The van der Waals surface area contributed by atoms with Crippen LogP contribution in [0, 0.1) is 24.0 Å². The van der Waals surface area contributed by atoms with Crippen molar-refractivity contribution in [1.29, 1.82) is 0 Å². The highest BCUT2D eigenvalue weighted by atomic mass is 79.9. The SMILES string of the molecule is Cc1csc(NN=Cc2cc([N+](=O)[O-])c(C)c(Br)c2O)n1. The summed E-state index contributed by atoms with van der Waals surface area (Å²) < 4.78 is 0.281. The minimum absolute atomic E-state index is 0.0915. The summed E-state index contributed by atoms with van der Waals surface area (Å²) in [4.78, 5) is 14.6. The minimum Gasteiger partial charge on any atom is -0.506 e. The van der Waals surface area contributed by atoms with Gasteiger partial charge in [0.25, 0.3) is 5.69 Å². The van der Waals surface area contributed by atoms with Crippen molar-refractivity contribution in [2.75, 3.05) is 5.43 Å². The minimum atomic E-state index is -0.505. The van der Waals surface area contributed by atoms with Gasteiger partial charge in [0.15, 0.2) is 0 Å². The van der Waals surface area contributed by atoms with E-state index in [1.54, 1.807) is 6.92 Å². The smallest absolute Gasteiger partial charge is 0.274 e. The number of hydrogen-bond donors (Lipinski definition) is 2. The molecule has 0 amide bonds. The Bertz CT molecular complexity index is 730. The van der Waals surface area contributed by atoms with E-state index >= 15 is 0 Å². The van der Waals surface area contributed by atoms with Crippen molar-refractivity contribution in [3.05, 3.63) is 42.9 Å². The number of thiazole rings is 1. The zero-order valence-electron chi connectivity index (χ0n) is 11.1. The van der Waals surface area contributed by atoms with Crippen LogP contribution in [0.2, 0.25) is 0 Å². The molecule has 1 aromatic heterocycles. The second-order valence-electron chi connectivity index (χ2n) is 4.19. The van der Waals surface area contributed by atoms with Crippen LogP contribution in [-0.2, 0) is 0 Å². The molecule has 7 nitrogen and oxygen atoms in total. The van der Waals surface area contributed by atoms with E-state index in [9.17, 15) is 15.2 Å². The molecule has 110 valence electrons. The third-order valence-electron chi connectivity index (χ3n) is 2.67. The summed E-state index contributed by atoms with van der Waals surface area (Å²) in [6, 6.07) is 1.27. The molecular weight excluding hydrogens is 360 g/mol. The lowest BCUT2D eigenvalue weighted by Crippen LogP contribution is -1.97. The third kappa shape index (κ3) is 3.37. The molecule has 0 unspecified atom stereocenters. The topological polar surface area (TPSA) is 101 Å². The molecule has 0 aliphatic carbocycles. The molecule has 0 atom stereocenters. The summed E-state index contributed by atoms with van der Waals surface area (Å²) in [7, 11) is 0. The molecule has 0 aliphatic rings. The maximum absolute atomic E-state index is 11.0. The first-order chi connectivity index (χ1) is 9.90. The van der Waals surface area contributed by atoms with E-state index in [1.165, 1.54) is 23.6 Å². The van der Waals surface area contributed by atoms with Crippen LogP contribution in [0.4, 0.5) is 10.8 Å². The average molecular weight is 371 g/mol. The molecule has 2 N–H and O–H groups in total. The number of anilines is 1. The number of nitrogens with zero attached hydrogens (tertiary/aromatic N) is 3. The third-order valence-corrected chi connectivity index (χ3v) is 4.50. The quantitative estimate of drug-likeness (QED) is 0.486. The van der Waals surface area contributed by atoms with Crippen LogP contribution in [0.1, 0.15) is 16.8 Å². The van der Waals surface area contributed by atoms with E-state index in [0.717, 1.165) is 5.69 Å². The molecule has 2 rings (SSSR count). The van der Waals surface area contributed by atoms with Gasteiger partial charge in [0.05, 0.1) is 21.3 Å². The van der Waals surface area contributed by atoms with Gasteiger partial charge in [-0.1, -0.05) is 0 Å². The van der Waals surface area contributed by atoms with Gasteiger partial charge in [-0.15, -0.1) is 11.3 Å². The number of nitro benzene ring substituents is 1. The summed E-state index contributed by atoms with van der Waals surface area (Å²) in [6.45, 7) is 3.41. The van der Waals surface area contributed by atoms with Crippen molar-refractivity contribution < 1.29 is 10.0 Å². The Morgan fingerprint density at radius 3 is 2.86 bits per heavy atom. The zero-order valence-corrected chi connectivity index (χ0v) is 13.5. The highest BCUT2D eigenvalue weighted by Gasteiger charge is 2.19. The van der Waals surface area contributed by atoms with E-state index < -0.39 is 4.92 Å². The van der Waals surface area contributed by atoms with Crippen molar-refractivity contribution in [1.82, 2.24) is 4.98 Å². The number of aryl methyl sites for hydroxylation is 1. The maximum atomic E-state index is 11.0. The van der Waals surface area contributed by atoms with Gasteiger partial charge in [-0.05, 0) is 29.8 Å². The van der Waals surface area contributed by atoms with Gasteiger partial charge in [0, 0.05) is 22.6 Å². The van der Waals surface area contributed by atoms with Crippen LogP contribution in [0.3, 0.4) is 0 Å². The molecule has 0 fully saturated rings. The van der Waals surface area contributed by atoms with Gasteiger partial charge < -0.3 is 5.11 Å². The van der Waals surface area contributed by atoms with Gasteiger partial charge in [0.1, 0.15) is 5.75 Å². The normalized spacial score (nSPS) is 11.0. The molecular formula is C12H11BrN4O3S. The Hall–Kier alpha value is -2.00.